The van der Waals surface area contributed by atoms with E-state index in [9.17, 15) is 29.4 Å². The Morgan fingerprint density at radius 2 is 1.07 bits per heavy atom. The third-order valence-corrected chi connectivity index (χ3v) is 3.97. The van der Waals surface area contributed by atoms with Gasteiger partial charge in [0.05, 0.1) is 33.6 Å². The van der Waals surface area contributed by atoms with Gasteiger partial charge in [-0.1, -0.05) is 0 Å². The molecule has 0 bridgehead atoms. The summed E-state index contributed by atoms with van der Waals surface area (Å²) in [6, 6.07) is 1.78. The molecule has 2 heterocycles. The predicted molar refractivity (Wildman–Crippen MR) is 93.7 cm³/mol. The maximum atomic E-state index is 12.8. The number of aryl methyl sites for hydroxylation is 2. The van der Waals surface area contributed by atoms with E-state index in [1.54, 1.807) is 13.8 Å². The lowest BCUT2D eigenvalue weighted by atomic mass is 9.97. The van der Waals surface area contributed by atoms with Gasteiger partial charge in [0.1, 0.15) is 12.7 Å². The molecule has 10 heteroatoms. The number of carbonyl (C=O) groups excluding carboxylic acids is 2. The SMILES string of the molecule is Cc1cn(C(=O)c2cc(C(=O)n3cnc(C)c3)c(C(=O)O)cc2C(=O)O)cn1. The molecular formula is C18H14N4O6. The van der Waals surface area contributed by atoms with Crippen molar-refractivity contribution in [2.75, 3.05) is 0 Å². The highest BCUT2D eigenvalue weighted by Gasteiger charge is 2.27. The number of aromatic nitrogens is 4. The van der Waals surface area contributed by atoms with Crippen molar-refractivity contribution in [3.8, 4) is 0 Å². The fraction of sp³-hybridized carbons (Fsp3) is 0.111. The minimum Gasteiger partial charge on any atom is -0.478 e. The zero-order valence-electron chi connectivity index (χ0n) is 14.8. The van der Waals surface area contributed by atoms with Crippen LogP contribution in [0.1, 0.15) is 52.8 Å². The summed E-state index contributed by atoms with van der Waals surface area (Å²) < 4.78 is 2.13. The highest BCUT2D eigenvalue weighted by molar-refractivity contribution is 6.12. The number of hydrogen-bond donors (Lipinski definition) is 2. The van der Waals surface area contributed by atoms with Crippen LogP contribution in [0.4, 0.5) is 0 Å². The number of imidazole rings is 2. The van der Waals surface area contributed by atoms with Crippen molar-refractivity contribution in [2.45, 2.75) is 13.8 Å². The molecule has 0 fully saturated rings. The van der Waals surface area contributed by atoms with Gasteiger partial charge in [-0.3, -0.25) is 18.7 Å². The molecule has 0 spiro atoms. The molecule has 0 atom stereocenters. The molecule has 0 saturated carbocycles. The second-order valence-corrected chi connectivity index (χ2v) is 6.01. The highest BCUT2D eigenvalue weighted by atomic mass is 16.4. The number of carboxylic acids is 2. The van der Waals surface area contributed by atoms with E-state index in [0.717, 1.165) is 21.3 Å². The van der Waals surface area contributed by atoms with Crippen molar-refractivity contribution in [2.24, 2.45) is 0 Å². The molecule has 0 aliphatic carbocycles. The maximum Gasteiger partial charge on any atom is 0.336 e. The zero-order chi connectivity index (χ0) is 20.6. The van der Waals surface area contributed by atoms with Crippen LogP contribution in [-0.2, 0) is 0 Å². The first-order chi connectivity index (χ1) is 13.2. The molecule has 0 aliphatic rings. The van der Waals surface area contributed by atoms with Gasteiger partial charge in [-0.15, -0.1) is 0 Å². The van der Waals surface area contributed by atoms with E-state index < -0.39 is 34.9 Å². The number of carbonyl (C=O) groups is 4. The third-order valence-electron chi connectivity index (χ3n) is 3.97. The molecule has 142 valence electrons. The molecule has 10 nitrogen and oxygen atoms in total. The summed E-state index contributed by atoms with van der Waals surface area (Å²) in [5.74, 6) is -4.52. The average Bonchev–Trinajstić information content (AvgIpc) is 3.27. The van der Waals surface area contributed by atoms with Crippen molar-refractivity contribution in [3.05, 3.63) is 70.8 Å². The molecule has 3 rings (SSSR count). The number of aromatic carboxylic acids is 2. The summed E-state index contributed by atoms with van der Waals surface area (Å²) >= 11 is 0. The molecule has 0 unspecified atom stereocenters. The van der Waals surface area contributed by atoms with Gasteiger partial charge in [0, 0.05) is 12.4 Å². The summed E-state index contributed by atoms with van der Waals surface area (Å²) in [5.41, 5.74) is -0.695. The Morgan fingerprint density at radius 3 is 1.36 bits per heavy atom. The van der Waals surface area contributed by atoms with E-state index in [1.165, 1.54) is 25.0 Å². The summed E-state index contributed by atoms with van der Waals surface area (Å²) in [6.45, 7) is 3.29. The first-order valence-electron chi connectivity index (χ1n) is 7.94. The number of rotatable bonds is 4. The van der Waals surface area contributed by atoms with Crippen LogP contribution in [0.5, 0.6) is 0 Å². The Bertz CT molecular complexity index is 1060. The fourth-order valence-corrected chi connectivity index (χ4v) is 2.65. The van der Waals surface area contributed by atoms with Crippen LogP contribution in [0.15, 0.2) is 37.2 Å². The van der Waals surface area contributed by atoms with Gasteiger partial charge >= 0.3 is 11.9 Å². The quantitative estimate of drug-likeness (QED) is 0.690. The smallest absolute Gasteiger partial charge is 0.336 e. The van der Waals surface area contributed by atoms with Crippen LogP contribution in [0.25, 0.3) is 0 Å². The molecule has 28 heavy (non-hydrogen) atoms. The Morgan fingerprint density at radius 1 is 0.714 bits per heavy atom. The van der Waals surface area contributed by atoms with Gasteiger partial charge < -0.3 is 10.2 Å². The summed E-state index contributed by atoms with van der Waals surface area (Å²) in [5, 5.41) is 18.9. The Kier molecular flexibility index (Phi) is 4.62. The van der Waals surface area contributed by atoms with Crippen LogP contribution in [0.3, 0.4) is 0 Å². The fourth-order valence-electron chi connectivity index (χ4n) is 2.65. The zero-order valence-corrected chi connectivity index (χ0v) is 14.8. The van der Waals surface area contributed by atoms with Gasteiger partial charge in [-0.05, 0) is 26.0 Å². The van der Waals surface area contributed by atoms with Crippen molar-refractivity contribution >= 4 is 23.8 Å². The van der Waals surface area contributed by atoms with Crippen molar-refractivity contribution in [3.63, 3.8) is 0 Å². The molecule has 2 aromatic heterocycles. The van der Waals surface area contributed by atoms with Crippen molar-refractivity contribution < 1.29 is 29.4 Å². The summed E-state index contributed by atoms with van der Waals surface area (Å²) in [7, 11) is 0. The van der Waals surface area contributed by atoms with E-state index in [1.807, 2.05) is 0 Å². The molecule has 3 aromatic rings. The maximum absolute atomic E-state index is 12.8. The van der Waals surface area contributed by atoms with E-state index in [2.05, 4.69) is 9.97 Å². The lowest BCUT2D eigenvalue weighted by Gasteiger charge is -2.12. The van der Waals surface area contributed by atoms with Crippen LogP contribution in [-0.4, -0.2) is 53.1 Å². The van der Waals surface area contributed by atoms with Crippen LogP contribution >= 0.6 is 0 Å². The van der Waals surface area contributed by atoms with Crippen LogP contribution in [0, 0.1) is 13.8 Å². The third kappa shape index (κ3) is 3.30. The Labute approximate surface area is 157 Å². The molecule has 0 radical (unpaired) electrons. The predicted octanol–water partition coefficient (Wildman–Crippen LogP) is 1.47. The first-order valence-corrected chi connectivity index (χ1v) is 7.94. The van der Waals surface area contributed by atoms with Crippen LogP contribution in [0.2, 0.25) is 0 Å². The average molecular weight is 382 g/mol. The minimum atomic E-state index is -1.50. The van der Waals surface area contributed by atoms with E-state index >= 15 is 0 Å². The number of hydrogen-bond acceptors (Lipinski definition) is 6. The summed E-state index contributed by atoms with van der Waals surface area (Å²) in [6.07, 6.45) is 5.18. The van der Waals surface area contributed by atoms with Gasteiger partial charge in [-0.25, -0.2) is 19.6 Å². The van der Waals surface area contributed by atoms with Gasteiger partial charge in [0.25, 0.3) is 11.8 Å². The molecule has 0 aliphatic heterocycles. The first kappa shape index (κ1) is 18.7. The Hall–Kier alpha value is -4.08. The second-order valence-electron chi connectivity index (χ2n) is 6.01. The standard InChI is InChI=1S/C18H14N4O6/c1-9-5-21(7-19-9)15(23)11-3-12(16(24)22-6-10(2)20-8-22)14(18(27)28)4-13(11)17(25)26/h3-8H,1-2H3,(H,25,26)(H,27,28). The highest BCUT2D eigenvalue weighted by Crippen LogP contribution is 2.21. The second kappa shape index (κ2) is 6.91. The van der Waals surface area contributed by atoms with Crippen LogP contribution < -0.4 is 0 Å². The number of carboxylic acid groups (broad SMARTS) is 2. The normalized spacial score (nSPS) is 10.6. The Balaban J connectivity index is 2.23. The van der Waals surface area contributed by atoms with E-state index in [0.29, 0.717) is 11.4 Å². The molecule has 1 aromatic carbocycles. The monoisotopic (exact) mass is 382 g/mol. The van der Waals surface area contributed by atoms with E-state index in [4.69, 9.17) is 0 Å². The largest absolute Gasteiger partial charge is 0.478 e. The number of nitrogens with zero attached hydrogens (tertiary/aromatic N) is 4. The minimum absolute atomic E-state index is 0.338. The van der Waals surface area contributed by atoms with Gasteiger partial charge in [-0.2, -0.15) is 0 Å². The molecule has 0 saturated heterocycles. The van der Waals surface area contributed by atoms with Crippen molar-refractivity contribution in [1.82, 2.24) is 19.1 Å². The summed E-state index contributed by atoms with van der Waals surface area (Å²) in [4.78, 5) is 56.6. The molecule has 2 N–H and O–H groups in total. The molecular weight excluding hydrogens is 368 g/mol. The lowest BCUT2D eigenvalue weighted by Crippen LogP contribution is -2.21. The topological polar surface area (TPSA) is 144 Å². The lowest BCUT2D eigenvalue weighted by molar-refractivity contribution is 0.0688. The molecule has 0 amide bonds. The van der Waals surface area contributed by atoms with Gasteiger partial charge in [0.2, 0.25) is 0 Å². The van der Waals surface area contributed by atoms with Gasteiger partial charge in [0.15, 0.2) is 0 Å². The number of benzene rings is 1. The van der Waals surface area contributed by atoms with E-state index in [-0.39, 0.29) is 11.1 Å². The van der Waals surface area contributed by atoms with Crippen molar-refractivity contribution in [1.29, 1.82) is 0 Å².